The summed E-state index contributed by atoms with van der Waals surface area (Å²) in [6.07, 6.45) is 7.89. The number of benzene rings is 1. The molecule has 1 aromatic rings. The zero-order valence-corrected chi connectivity index (χ0v) is 14.8. The molecule has 0 aromatic heterocycles. The first-order valence-corrected chi connectivity index (χ1v) is 9.34. The van der Waals surface area contributed by atoms with E-state index in [-0.39, 0.29) is 11.4 Å². The number of fused-ring (bicyclic) bond motifs is 2. The fourth-order valence-electron chi connectivity index (χ4n) is 4.61. The maximum Gasteiger partial charge on any atom is 0.317 e. The van der Waals surface area contributed by atoms with Crippen LogP contribution in [0.2, 0.25) is 0 Å². The zero-order valence-electron chi connectivity index (χ0n) is 14.8. The van der Waals surface area contributed by atoms with Crippen molar-refractivity contribution in [3.05, 3.63) is 29.8 Å². The van der Waals surface area contributed by atoms with Crippen LogP contribution in [0.25, 0.3) is 0 Å². The van der Waals surface area contributed by atoms with Crippen molar-refractivity contribution in [3.63, 3.8) is 0 Å². The van der Waals surface area contributed by atoms with Gasteiger partial charge in [0, 0.05) is 0 Å². The second-order valence-electron chi connectivity index (χ2n) is 8.12. The van der Waals surface area contributed by atoms with Gasteiger partial charge in [-0.15, -0.1) is 0 Å². The van der Waals surface area contributed by atoms with Crippen LogP contribution in [-0.4, -0.2) is 5.97 Å². The molecule has 2 nitrogen and oxygen atoms in total. The standard InChI is InChI=1S/C21H30O2/c1-4-17(13-15(2)3)18-5-7-19(8-6-18)23-20(22)21-11-9-16(14-21)10-12-21/h5-8,15-17H,4,9-14H2,1-3H3. The largest absolute Gasteiger partial charge is 0.426 e. The van der Waals surface area contributed by atoms with Gasteiger partial charge in [0.1, 0.15) is 5.75 Å². The highest BCUT2D eigenvalue weighted by Gasteiger charge is 2.51. The summed E-state index contributed by atoms with van der Waals surface area (Å²) in [5, 5.41) is 0. The van der Waals surface area contributed by atoms with Gasteiger partial charge < -0.3 is 4.74 Å². The predicted molar refractivity (Wildman–Crippen MR) is 93.6 cm³/mol. The monoisotopic (exact) mass is 314 g/mol. The van der Waals surface area contributed by atoms with E-state index in [2.05, 4.69) is 32.9 Å². The quantitative estimate of drug-likeness (QED) is 0.496. The van der Waals surface area contributed by atoms with E-state index >= 15 is 0 Å². The summed E-state index contributed by atoms with van der Waals surface area (Å²) in [4.78, 5) is 12.6. The Bertz CT molecular complexity index is 535. The topological polar surface area (TPSA) is 26.3 Å². The summed E-state index contributed by atoms with van der Waals surface area (Å²) in [6.45, 7) is 6.79. The number of ether oxygens (including phenoxy) is 1. The third kappa shape index (κ3) is 3.46. The Morgan fingerprint density at radius 1 is 1.22 bits per heavy atom. The number of esters is 1. The number of carbonyl (C=O) groups is 1. The van der Waals surface area contributed by atoms with Gasteiger partial charge in [0.25, 0.3) is 0 Å². The van der Waals surface area contributed by atoms with Gasteiger partial charge in [-0.25, -0.2) is 0 Å². The Balaban J connectivity index is 1.64. The number of hydrogen-bond donors (Lipinski definition) is 0. The molecule has 126 valence electrons. The molecule has 2 aliphatic carbocycles. The van der Waals surface area contributed by atoms with Gasteiger partial charge in [0.05, 0.1) is 5.41 Å². The molecular weight excluding hydrogens is 284 g/mol. The molecule has 2 fully saturated rings. The van der Waals surface area contributed by atoms with Crippen LogP contribution < -0.4 is 4.74 Å². The molecule has 0 radical (unpaired) electrons. The molecule has 0 heterocycles. The van der Waals surface area contributed by atoms with Crippen LogP contribution in [0, 0.1) is 17.3 Å². The molecule has 0 amide bonds. The molecule has 23 heavy (non-hydrogen) atoms. The van der Waals surface area contributed by atoms with E-state index in [9.17, 15) is 4.79 Å². The van der Waals surface area contributed by atoms with Gasteiger partial charge in [0.15, 0.2) is 0 Å². The smallest absolute Gasteiger partial charge is 0.317 e. The van der Waals surface area contributed by atoms with E-state index in [0.29, 0.717) is 17.6 Å². The van der Waals surface area contributed by atoms with Crippen LogP contribution in [-0.2, 0) is 4.79 Å². The average molecular weight is 314 g/mol. The summed E-state index contributed by atoms with van der Waals surface area (Å²) in [5.74, 6) is 2.80. The Hall–Kier alpha value is -1.31. The lowest BCUT2D eigenvalue weighted by molar-refractivity contribution is -0.145. The van der Waals surface area contributed by atoms with Gasteiger partial charge in [0.2, 0.25) is 0 Å². The van der Waals surface area contributed by atoms with Crippen molar-refractivity contribution in [2.75, 3.05) is 0 Å². The third-order valence-corrected chi connectivity index (χ3v) is 5.99. The van der Waals surface area contributed by atoms with Crippen molar-refractivity contribution in [3.8, 4) is 5.75 Å². The van der Waals surface area contributed by atoms with E-state index in [1.54, 1.807) is 0 Å². The molecule has 2 heteroatoms. The molecule has 0 N–H and O–H groups in total. The molecule has 2 aliphatic rings. The lowest BCUT2D eigenvalue weighted by Crippen LogP contribution is -2.30. The number of carbonyl (C=O) groups excluding carboxylic acids is 1. The van der Waals surface area contributed by atoms with Crippen molar-refractivity contribution < 1.29 is 9.53 Å². The SMILES string of the molecule is CCC(CC(C)C)c1ccc(OC(=O)C23CCC(CC2)C3)cc1. The summed E-state index contributed by atoms with van der Waals surface area (Å²) in [6, 6.07) is 8.24. The second kappa shape index (κ2) is 6.67. The first-order chi connectivity index (χ1) is 11.0. The Labute approximate surface area is 140 Å². The normalized spacial score (nSPS) is 27.4. The number of rotatable bonds is 6. The molecular formula is C21H30O2. The highest BCUT2D eigenvalue weighted by atomic mass is 16.5. The van der Waals surface area contributed by atoms with Gasteiger partial charge in [-0.1, -0.05) is 32.9 Å². The molecule has 2 saturated carbocycles. The minimum atomic E-state index is -0.160. The lowest BCUT2D eigenvalue weighted by Gasteiger charge is -2.24. The molecule has 1 atom stereocenters. The van der Waals surface area contributed by atoms with E-state index < -0.39 is 0 Å². The van der Waals surface area contributed by atoms with Crippen LogP contribution in [0.1, 0.15) is 77.2 Å². The lowest BCUT2D eigenvalue weighted by atomic mass is 9.84. The zero-order chi connectivity index (χ0) is 16.4. The molecule has 2 bridgehead atoms. The maximum absolute atomic E-state index is 12.6. The van der Waals surface area contributed by atoms with Crippen molar-refractivity contribution >= 4 is 5.97 Å². The van der Waals surface area contributed by atoms with Crippen molar-refractivity contribution in [2.45, 2.75) is 71.6 Å². The van der Waals surface area contributed by atoms with Crippen molar-refractivity contribution in [1.29, 1.82) is 0 Å². The van der Waals surface area contributed by atoms with Crippen LogP contribution in [0.15, 0.2) is 24.3 Å². The first-order valence-electron chi connectivity index (χ1n) is 9.34. The summed E-state index contributed by atoms with van der Waals surface area (Å²) >= 11 is 0. The second-order valence-corrected chi connectivity index (χ2v) is 8.12. The van der Waals surface area contributed by atoms with E-state index in [4.69, 9.17) is 4.74 Å². The molecule has 3 rings (SSSR count). The predicted octanol–water partition coefficient (Wildman–Crippen LogP) is 5.71. The summed E-state index contributed by atoms with van der Waals surface area (Å²) < 4.78 is 5.73. The summed E-state index contributed by atoms with van der Waals surface area (Å²) in [7, 11) is 0. The Kier molecular flexibility index (Phi) is 4.79. The van der Waals surface area contributed by atoms with Crippen LogP contribution in [0.5, 0.6) is 5.75 Å². The number of hydrogen-bond acceptors (Lipinski definition) is 2. The Morgan fingerprint density at radius 2 is 1.87 bits per heavy atom. The van der Waals surface area contributed by atoms with E-state index in [1.807, 2.05) is 12.1 Å². The van der Waals surface area contributed by atoms with Crippen molar-refractivity contribution in [1.82, 2.24) is 0 Å². The fourth-order valence-corrected chi connectivity index (χ4v) is 4.61. The summed E-state index contributed by atoms with van der Waals surface area (Å²) in [5.41, 5.74) is 1.20. The highest BCUT2D eigenvalue weighted by molar-refractivity contribution is 5.80. The maximum atomic E-state index is 12.6. The Morgan fingerprint density at radius 3 is 2.35 bits per heavy atom. The van der Waals surface area contributed by atoms with Gasteiger partial charge in [-0.2, -0.15) is 0 Å². The van der Waals surface area contributed by atoms with Crippen LogP contribution >= 0.6 is 0 Å². The minimum absolute atomic E-state index is 0.0134. The fraction of sp³-hybridized carbons (Fsp3) is 0.667. The van der Waals surface area contributed by atoms with E-state index in [1.165, 1.54) is 24.8 Å². The molecule has 0 saturated heterocycles. The van der Waals surface area contributed by atoms with E-state index in [0.717, 1.165) is 31.6 Å². The minimum Gasteiger partial charge on any atom is -0.426 e. The highest BCUT2D eigenvalue weighted by Crippen LogP contribution is 2.54. The molecule has 0 aliphatic heterocycles. The van der Waals surface area contributed by atoms with Gasteiger partial charge in [-0.05, 0) is 80.4 Å². The van der Waals surface area contributed by atoms with Crippen molar-refractivity contribution in [2.24, 2.45) is 17.3 Å². The molecule has 1 unspecified atom stereocenters. The first kappa shape index (κ1) is 16.5. The molecule has 0 spiro atoms. The third-order valence-electron chi connectivity index (χ3n) is 5.99. The van der Waals surface area contributed by atoms with Crippen LogP contribution in [0.4, 0.5) is 0 Å². The average Bonchev–Trinajstić information content (AvgIpc) is 3.15. The van der Waals surface area contributed by atoms with Crippen LogP contribution in [0.3, 0.4) is 0 Å². The molecule has 1 aromatic carbocycles. The van der Waals surface area contributed by atoms with Gasteiger partial charge >= 0.3 is 5.97 Å². The van der Waals surface area contributed by atoms with Gasteiger partial charge in [-0.3, -0.25) is 4.79 Å².